The Morgan fingerprint density at radius 2 is 1.76 bits per heavy atom. The fraction of sp³-hybridized carbons (Fsp3) is 0.304. The number of ether oxygens (including phenoxy) is 1. The Bertz CT molecular complexity index is 1160. The number of alkyl halides is 3. The van der Waals surface area contributed by atoms with Crippen molar-refractivity contribution < 1.29 is 31.9 Å². The Morgan fingerprint density at radius 1 is 1.06 bits per heavy atom. The molecule has 10 heteroatoms. The predicted molar refractivity (Wildman–Crippen MR) is 110 cm³/mol. The zero-order valence-electron chi connectivity index (χ0n) is 17.6. The molecule has 2 aromatic carbocycles. The fourth-order valence-corrected chi connectivity index (χ4v) is 3.81. The summed E-state index contributed by atoms with van der Waals surface area (Å²) in [5.41, 5.74) is 0.0487. The van der Waals surface area contributed by atoms with Gasteiger partial charge >= 0.3 is 12.1 Å². The van der Waals surface area contributed by atoms with Gasteiger partial charge in [-0.15, -0.1) is 10.2 Å². The standard InChI is InChI=1S/C23H20F3N3O4/c1-32-22(31)18-7-3-2-6-17(18)21(30)29-12-4-5-15(13-29)20-28-27-19(33-20)14-8-10-16(11-9-14)23(24,25)26/h2-3,6-11,15H,4-5,12-13H2,1H3. The van der Waals surface area contributed by atoms with Crippen LogP contribution in [0.5, 0.6) is 0 Å². The van der Waals surface area contributed by atoms with Crippen LogP contribution in [0.15, 0.2) is 52.9 Å². The number of methoxy groups -OCH3 is 1. The Morgan fingerprint density at radius 3 is 2.42 bits per heavy atom. The molecule has 0 spiro atoms. The summed E-state index contributed by atoms with van der Waals surface area (Å²) in [6.07, 6.45) is -3.03. The van der Waals surface area contributed by atoms with E-state index in [0.717, 1.165) is 12.1 Å². The molecule has 0 bridgehead atoms. The summed E-state index contributed by atoms with van der Waals surface area (Å²) in [7, 11) is 1.25. The number of carbonyl (C=O) groups is 2. The molecular weight excluding hydrogens is 439 g/mol. The molecule has 0 N–H and O–H groups in total. The van der Waals surface area contributed by atoms with Crippen molar-refractivity contribution >= 4 is 11.9 Å². The molecule has 33 heavy (non-hydrogen) atoms. The van der Waals surface area contributed by atoms with E-state index < -0.39 is 17.7 Å². The number of hydrogen-bond acceptors (Lipinski definition) is 6. The van der Waals surface area contributed by atoms with E-state index in [1.807, 2.05) is 0 Å². The summed E-state index contributed by atoms with van der Waals surface area (Å²) >= 11 is 0. The lowest BCUT2D eigenvalue weighted by Gasteiger charge is -2.31. The summed E-state index contributed by atoms with van der Waals surface area (Å²) in [5.74, 6) is -0.709. The SMILES string of the molecule is COC(=O)c1ccccc1C(=O)N1CCCC(c2nnc(-c3ccc(C(F)(F)F)cc3)o2)C1. The number of esters is 1. The van der Waals surface area contributed by atoms with E-state index in [4.69, 9.17) is 9.15 Å². The summed E-state index contributed by atoms with van der Waals surface area (Å²) in [4.78, 5) is 26.8. The number of aromatic nitrogens is 2. The molecule has 0 aliphatic carbocycles. The molecule has 0 saturated carbocycles. The van der Waals surface area contributed by atoms with Gasteiger partial charge in [0.25, 0.3) is 5.91 Å². The van der Waals surface area contributed by atoms with Gasteiger partial charge in [-0.2, -0.15) is 13.2 Å². The summed E-state index contributed by atoms with van der Waals surface area (Å²) in [6, 6.07) is 10.9. The van der Waals surface area contributed by atoms with Crippen LogP contribution in [0.1, 0.15) is 50.9 Å². The number of carbonyl (C=O) groups excluding carboxylic acids is 2. The van der Waals surface area contributed by atoms with Crippen LogP contribution in [0.25, 0.3) is 11.5 Å². The monoisotopic (exact) mass is 459 g/mol. The third-order valence-corrected chi connectivity index (χ3v) is 5.52. The largest absolute Gasteiger partial charge is 0.465 e. The minimum Gasteiger partial charge on any atom is -0.465 e. The fourth-order valence-electron chi connectivity index (χ4n) is 3.81. The normalized spacial score (nSPS) is 16.5. The van der Waals surface area contributed by atoms with Gasteiger partial charge in [0.15, 0.2) is 0 Å². The summed E-state index contributed by atoms with van der Waals surface area (Å²) in [5, 5.41) is 8.03. The molecule has 172 valence electrons. The molecule has 0 radical (unpaired) electrons. The molecule has 1 unspecified atom stereocenters. The minimum absolute atomic E-state index is 0.109. The van der Waals surface area contributed by atoms with Gasteiger partial charge in [-0.05, 0) is 49.2 Å². The van der Waals surface area contributed by atoms with Crippen molar-refractivity contribution in [1.82, 2.24) is 15.1 Å². The smallest absolute Gasteiger partial charge is 0.416 e. The molecule has 2 heterocycles. The first-order valence-electron chi connectivity index (χ1n) is 10.3. The first-order valence-corrected chi connectivity index (χ1v) is 10.3. The predicted octanol–water partition coefficient (Wildman–Crippen LogP) is 4.56. The first kappa shape index (κ1) is 22.5. The number of halogens is 3. The van der Waals surface area contributed by atoms with Gasteiger partial charge in [-0.25, -0.2) is 4.79 Å². The van der Waals surface area contributed by atoms with Crippen molar-refractivity contribution in [2.75, 3.05) is 20.2 Å². The van der Waals surface area contributed by atoms with Gasteiger partial charge in [0.2, 0.25) is 11.8 Å². The number of nitrogens with zero attached hydrogens (tertiary/aromatic N) is 3. The third kappa shape index (κ3) is 4.74. The first-order chi connectivity index (χ1) is 15.8. The van der Waals surface area contributed by atoms with Crippen LogP contribution in [0, 0.1) is 0 Å². The van der Waals surface area contributed by atoms with Crippen molar-refractivity contribution in [2.45, 2.75) is 24.9 Å². The second-order valence-corrected chi connectivity index (χ2v) is 7.65. The van der Waals surface area contributed by atoms with E-state index in [1.165, 1.54) is 25.3 Å². The maximum absolute atomic E-state index is 13.1. The highest BCUT2D eigenvalue weighted by atomic mass is 19.4. The van der Waals surface area contributed by atoms with Gasteiger partial charge in [-0.3, -0.25) is 4.79 Å². The van der Waals surface area contributed by atoms with E-state index in [1.54, 1.807) is 23.1 Å². The molecule has 7 nitrogen and oxygen atoms in total. The van der Waals surface area contributed by atoms with Crippen LogP contribution < -0.4 is 0 Å². The second kappa shape index (κ2) is 9.05. The highest BCUT2D eigenvalue weighted by Gasteiger charge is 2.32. The summed E-state index contributed by atoms with van der Waals surface area (Å²) < 4.78 is 48.8. The number of amides is 1. The molecular formula is C23H20F3N3O4. The molecule has 1 aliphatic rings. The number of hydrogen-bond donors (Lipinski definition) is 0. The molecule has 3 aromatic rings. The Kier molecular flexibility index (Phi) is 6.17. The lowest BCUT2D eigenvalue weighted by atomic mass is 9.96. The maximum atomic E-state index is 13.1. The van der Waals surface area contributed by atoms with Crippen LogP contribution >= 0.6 is 0 Å². The Hall–Kier alpha value is -3.69. The molecule has 1 amide bonds. The molecule has 1 atom stereocenters. The van der Waals surface area contributed by atoms with E-state index in [9.17, 15) is 22.8 Å². The number of piperidine rings is 1. The highest BCUT2D eigenvalue weighted by Crippen LogP contribution is 2.32. The molecule has 1 aromatic heterocycles. The Balaban J connectivity index is 1.50. The van der Waals surface area contributed by atoms with E-state index in [-0.39, 0.29) is 28.8 Å². The molecule has 4 rings (SSSR count). The van der Waals surface area contributed by atoms with Crippen LogP contribution in [0.4, 0.5) is 13.2 Å². The number of benzene rings is 2. The van der Waals surface area contributed by atoms with Gasteiger partial charge in [0.05, 0.1) is 29.7 Å². The zero-order valence-corrected chi connectivity index (χ0v) is 17.6. The number of rotatable bonds is 4. The minimum atomic E-state index is -4.43. The van der Waals surface area contributed by atoms with Gasteiger partial charge in [0.1, 0.15) is 0 Å². The Labute approximate surface area is 187 Å². The van der Waals surface area contributed by atoms with Gasteiger partial charge < -0.3 is 14.1 Å². The van der Waals surface area contributed by atoms with Gasteiger partial charge in [0, 0.05) is 18.7 Å². The van der Waals surface area contributed by atoms with E-state index >= 15 is 0 Å². The summed E-state index contributed by atoms with van der Waals surface area (Å²) in [6.45, 7) is 0.813. The van der Waals surface area contributed by atoms with Crippen molar-refractivity contribution in [3.8, 4) is 11.5 Å². The molecule has 1 aliphatic heterocycles. The highest BCUT2D eigenvalue weighted by molar-refractivity contribution is 6.05. The lowest BCUT2D eigenvalue weighted by molar-refractivity contribution is -0.137. The van der Waals surface area contributed by atoms with Crippen molar-refractivity contribution in [3.05, 3.63) is 71.1 Å². The quantitative estimate of drug-likeness (QED) is 0.532. The maximum Gasteiger partial charge on any atom is 0.416 e. The van der Waals surface area contributed by atoms with Crippen LogP contribution in [0.3, 0.4) is 0 Å². The average Bonchev–Trinajstić information content (AvgIpc) is 3.33. The third-order valence-electron chi connectivity index (χ3n) is 5.52. The van der Waals surface area contributed by atoms with Crippen LogP contribution in [-0.4, -0.2) is 47.2 Å². The lowest BCUT2D eigenvalue weighted by Crippen LogP contribution is -2.39. The van der Waals surface area contributed by atoms with E-state index in [2.05, 4.69) is 10.2 Å². The van der Waals surface area contributed by atoms with Crippen molar-refractivity contribution in [2.24, 2.45) is 0 Å². The topological polar surface area (TPSA) is 85.5 Å². The second-order valence-electron chi connectivity index (χ2n) is 7.65. The average molecular weight is 459 g/mol. The van der Waals surface area contributed by atoms with Gasteiger partial charge in [-0.1, -0.05) is 12.1 Å². The molecule has 1 saturated heterocycles. The van der Waals surface area contributed by atoms with Crippen molar-refractivity contribution in [1.29, 1.82) is 0 Å². The van der Waals surface area contributed by atoms with Crippen LogP contribution in [0.2, 0.25) is 0 Å². The zero-order chi connectivity index (χ0) is 23.6. The number of likely N-dealkylation sites (tertiary alicyclic amines) is 1. The van der Waals surface area contributed by atoms with Crippen molar-refractivity contribution in [3.63, 3.8) is 0 Å². The van der Waals surface area contributed by atoms with E-state index in [0.29, 0.717) is 37.4 Å². The molecule has 1 fully saturated rings. The van der Waals surface area contributed by atoms with Crippen LogP contribution in [-0.2, 0) is 10.9 Å².